The van der Waals surface area contributed by atoms with E-state index in [2.05, 4.69) is 50.0 Å². The standard InChI is InChI=1S/C20H32N2O.ClH/c1-5-10-18(22-11-8-6-7-9-12-22)20(23)21-19-16(3)13-15(2)14-17(19)4;/h13-14,18H,5-12H2,1-4H3,(H,21,23);1H. The molecule has 2 rings (SSSR count). The van der Waals surface area contributed by atoms with Crippen molar-refractivity contribution in [2.75, 3.05) is 18.4 Å². The molecule has 1 unspecified atom stereocenters. The van der Waals surface area contributed by atoms with Crippen molar-refractivity contribution < 1.29 is 4.79 Å². The Hall–Kier alpha value is -1.06. The molecule has 1 aliphatic rings. The van der Waals surface area contributed by atoms with Gasteiger partial charge in [-0.1, -0.05) is 43.9 Å². The van der Waals surface area contributed by atoms with Crippen LogP contribution in [-0.4, -0.2) is 29.9 Å². The quantitative estimate of drug-likeness (QED) is 0.807. The third-order valence-corrected chi connectivity index (χ3v) is 4.87. The van der Waals surface area contributed by atoms with Gasteiger partial charge in [-0.15, -0.1) is 12.4 Å². The van der Waals surface area contributed by atoms with Gasteiger partial charge >= 0.3 is 0 Å². The third-order valence-electron chi connectivity index (χ3n) is 4.87. The van der Waals surface area contributed by atoms with Gasteiger partial charge in [-0.25, -0.2) is 0 Å². The second-order valence-electron chi connectivity index (χ2n) is 7.02. The number of halogens is 1. The molecule has 0 radical (unpaired) electrons. The van der Waals surface area contributed by atoms with E-state index in [9.17, 15) is 4.79 Å². The Bertz CT molecular complexity index is 513. The molecule has 0 saturated carbocycles. The van der Waals surface area contributed by atoms with Gasteiger partial charge in [0.15, 0.2) is 0 Å². The van der Waals surface area contributed by atoms with Crippen LogP contribution < -0.4 is 5.32 Å². The van der Waals surface area contributed by atoms with E-state index in [-0.39, 0.29) is 24.4 Å². The lowest BCUT2D eigenvalue weighted by Gasteiger charge is -2.30. The average molecular weight is 353 g/mol. The molecule has 1 saturated heterocycles. The van der Waals surface area contributed by atoms with Crippen LogP contribution in [0.2, 0.25) is 0 Å². The summed E-state index contributed by atoms with van der Waals surface area (Å²) in [5.74, 6) is 0.170. The Kier molecular flexibility index (Phi) is 8.79. The molecular formula is C20H33ClN2O. The number of aryl methyl sites for hydroxylation is 3. The van der Waals surface area contributed by atoms with Crippen LogP contribution in [0, 0.1) is 20.8 Å². The van der Waals surface area contributed by atoms with Gasteiger partial charge < -0.3 is 5.32 Å². The summed E-state index contributed by atoms with van der Waals surface area (Å²) in [7, 11) is 0. The molecule has 1 aromatic carbocycles. The van der Waals surface area contributed by atoms with E-state index in [0.29, 0.717) is 0 Å². The Morgan fingerprint density at radius 2 is 1.62 bits per heavy atom. The Labute approximate surface area is 153 Å². The van der Waals surface area contributed by atoms with Crippen LogP contribution in [0.15, 0.2) is 12.1 Å². The van der Waals surface area contributed by atoms with Gasteiger partial charge in [-0.2, -0.15) is 0 Å². The first-order valence-corrected chi connectivity index (χ1v) is 9.15. The predicted octanol–water partition coefficient (Wildman–Crippen LogP) is 5.02. The lowest BCUT2D eigenvalue weighted by Crippen LogP contribution is -2.44. The first-order valence-electron chi connectivity index (χ1n) is 9.15. The molecule has 0 bridgehead atoms. The van der Waals surface area contributed by atoms with E-state index in [0.717, 1.165) is 42.7 Å². The maximum Gasteiger partial charge on any atom is 0.241 e. The van der Waals surface area contributed by atoms with E-state index in [1.807, 2.05) is 0 Å². The summed E-state index contributed by atoms with van der Waals surface area (Å²) >= 11 is 0. The van der Waals surface area contributed by atoms with Crippen LogP contribution in [-0.2, 0) is 4.79 Å². The number of hydrogen-bond donors (Lipinski definition) is 1. The fraction of sp³-hybridized carbons (Fsp3) is 0.650. The smallest absolute Gasteiger partial charge is 0.241 e. The first-order chi connectivity index (χ1) is 11.0. The zero-order valence-corrected chi connectivity index (χ0v) is 16.5. The van der Waals surface area contributed by atoms with Crippen molar-refractivity contribution in [3.05, 3.63) is 28.8 Å². The number of rotatable bonds is 5. The SMILES string of the molecule is CCCC(C(=O)Nc1c(C)cc(C)cc1C)N1CCCCCC1.Cl. The third kappa shape index (κ3) is 5.49. The van der Waals surface area contributed by atoms with Crippen LogP contribution in [0.1, 0.15) is 62.1 Å². The number of nitrogens with one attached hydrogen (secondary N) is 1. The van der Waals surface area contributed by atoms with Crippen LogP contribution in [0.25, 0.3) is 0 Å². The first kappa shape index (κ1) is 21.0. The molecule has 1 aromatic rings. The Morgan fingerprint density at radius 1 is 1.08 bits per heavy atom. The average Bonchev–Trinajstić information content (AvgIpc) is 2.77. The van der Waals surface area contributed by atoms with Crippen molar-refractivity contribution >= 4 is 24.0 Å². The minimum atomic E-state index is 0. The van der Waals surface area contributed by atoms with Crippen LogP contribution >= 0.6 is 12.4 Å². The van der Waals surface area contributed by atoms with Crippen LogP contribution in [0.5, 0.6) is 0 Å². The second kappa shape index (κ2) is 10.0. The zero-order valence-electron chi connectivity index (χ0n) is 15.7. The largest absolute Gasteiger partial charge is 0.324 e. The monoisotopic (exact) mass is 352 g/mol. The number of carbonyl (C=O) groups is 1. The predicted molar refractivity (Wildman–Crippen MR) is 105 cm³/mol. The van der Waals surface area contributed by atoms with Gasteiger partial charge in [0, 0.05) is 5.69 Å². The number of amides is 1. The topological polar surface area (TPSA) is 32.3 Å². The van der Waals surface area contributed by atoms with Crippen molar-refractivity contribution in [3.8, 4) is 0 Å². The number of carbonyl (C=O) groups excluding carboxylic acids is 1. The Balaban J connectivity index is 0.00000288. The van der Waals surface area contributed by atoms with E-state index >= 15 is 0 Å². The Morgan fingerprint density at radius 3 is 2.12 bits per heavy atom. The van der Waals surface area contributed by atoms with Crippen molar-refractivity contribution in [1.82, 2.24) is 4.90 Å². The van der Waals surface area contributed by atoms with Gasteiger partial charge in [0.05, 0.1) is 6.04 Å². The molecule has 3 nitrogen and oxygen atoms in total. The number of benzene rings is 1. The second-order valence-corrected chi connectivity index (χ2v) is 7.02. The summed E-state index contributed by atoms with van der Waals surface area (Å²) in [4.78, 5) is 15.4. The van der Waals surface area contributed by atoms with Crippen LogP contribution in [0.4, 0.5) is 5.69 Å². The van der Waals surface area contributed by atoms with Gasteiger partial charge in [-0.3, -0.25) is 9.69 Å². The minimum absolute atomic E-state index is 0. The molecular weight excluding hydrogens is 320 g/mol. The van der Waals surface area contributed by atoms with Crippen molar-refractivity contribution in [1.29, 1.82) is 0 Å². The van der Waals surface area contributed by atoms with Crippen molar-refractivity contribution in [2.45, 2.75) is 72.3 Å². The van der Waals surface area contributed by atoms with Gasteiger partial charge in [0.1, 0.15) is 0 Å². The highest BCUT2D eigenvalue weighted by molar-refractivity contribution is 5.96. The van der Waals surface area contributed by atoms with E-state index in [1.54, 1.807) is 0 Å². The van der Waals surface area contributed by atoms with Gasteiger partial charge in [-0.05, 0) is 64.3 Å². The number of hydrogen-bond acceptors (Lipinski definition) is 2. The van der Waals surface area contributed by atoms with E-state index < -0.39 is 0 Å². The highest BCUT2D eigenvalue weighted by Gasteiger charge is 2.26. The summed E-state index contributed by atoms with van der Waals surface area (Å²) in [5.41, 5.74) is 4.55. The molecule has 1 fully saturated rings. The summed E-state index contributed by atoms with van der Waals surface area (Å²) in [6.07, 6.45) is 7.02. The highest BCUT2D eigenvalue weighted by Crippen LogP contribution is 2.23. The van der Waals surface area contributed by atoms with Crippen molar-refractivity contribution in [2.24, 2.45) is 0 Å². The molecule has 24 heavy (non-hydrogen) atoms. The maximum atomic E-state index is 13.0. The maximum absolute atomic E-state index is 13.0. The zero-order chi connectivity index (χ0) is 16.8. The molecule has 1 amide bonds. The molecule has 1 atom stereocenters. The summed E-state index contributed by atoms with van der Waals surface area (Å²) in [6, 6.07) is 4.30. The fourth-order valence-corrected chi connectivity index (χ4v) is 3.74. The molecule has 1 heterocycles. The molecule has 4 heteroatoms. The van der Waals surface area contributed by atoms with E-state index in [4.69, 9.17) is 0 Å². The highest BCUT2D eigenvalue weighted by atomic mass is 35.5. The molecule has 136 valence electrons. The molecule has 0 aliphatic carbocycles. The lowest BCUT2D eigenvalue weighted by atomic mass is 10.0. The fourth-order valence-electron chi connectivity index (χ4n) is 3.74. The summed E-state index contributed by atoms with van der Waals surface area (Å²) in [5, 5.41) is 3.23. The normalized spacial score (nSPS) is 16.8. The summed E-state index contributed by atoms with van der Waals surface area (Å²) in [6.45, 7) is 10.5. The number of anilines is 1. The van der Waals surface area contributed by atoms with Crippen LogP contribution in [0.3, 0.4) is 0 Å². The van der Waals surface area contributed by atoms with Crippen molar-refractivity contribution in [3.63, 3.8) is 0 Å². The van der Waals surface area contributed by atoms with E-state index in [1.165, 1.54) is 31.2 Å². The minimum Gasteiger partial charge on any atom is -0.324 e. The molecule has 1 aliphatic heterocycles. The molecule has 0 spiro atoms. The molecule has 1 N–H and O–H groups in total. The summed E-state index contributed by atoms with van der Waals surface area (Å²) < 4.78 is 0. The molecule has 0 aromatic heterocycles. The van der Waals surface area contributed by atoms with Gasteiger partial charge in [0.25, 0.3) is 0 Å². The number of nitrogens with zero attached hydrogens (tertiary/aromatic N) is 1. The van der Waals surface area contributed by atoms with Gasteiger partial charge in [0.2, 0.25) is 5.91 Å². The number of likely N-dealkylation sites (tertiary alicyclic amines) is 1. The lowest BCUT2D eigenvalue weighted by molar-refractivity contribution is -0.121.